The molecule has 1 aromatic heterocycles. The quantitative estimate of drug-likeness (QED) is 0.185. The van der Waals surface area contributed by atoms with Crippen LogP contribution in [0, 0.1) is 34.0 Å². The Morgan fingerprint density at radius 2 is 1.79 bits per heavy atom. The van der Waals surface area contributed by atoms with E-state index in [9.17, 15) is 29.4 Å². The first-order chi connectivity index (χ1) is 22.3. The van der Waals surface area contributed by atoms with E-state index in [1.165, 1.54) is 32.6 Å². The Hall–Kier alpha value is -3.77. The average Bonchev–Trinajstić information content (AvgIpc) is 3.58. The monoisotopic (exact) mass is 670 g/mol. The summed E-state index contributed by atoms with van der Waals surface area (Å²) in [5.41, 5.74) is -5.54. The number of Topliss-reactive ketones (excluding diaryl/α,β-unsaturated/α-hetero) is 1. The van der Waals surface area contributed by atoms with E-state index in [0.717, 1.165) is 0 Å². The summed E-state index contributed by atoms with van der Waals surface area (Å²) >= 11 is 0. The van der Waals surface area contributed by atoms with Gasteiger partial charge in [0.1, 0.15) is 12.2 Å². The fraction of sp³-hybridized carbons (Fsp3) is 0.639. The molecule has 12 nitrogen and oxygen atoms in total. The largest absolute Gasteiger partial charge is 0.472 e. The lowest BCUT2D eigenvalue weighted by Crippen LogP contribution is -2.80. The number of carbonyl (C=O) groups is 5. The van der Waals surface area contributed by atoms with Crippen LogP contribution in [0.2, 0.25) is 0 Å². The second kappa shape index (κ2) is 12.0. The second-order valence-electron chi connectivity index (χ2n) is 15.0. The van der Waals surface area contributed by atoms with Gasteiger partial charge in [0.15, 0.2) is 18.0 Å². The summed E-state index contributed by atoms with van der Waals surface area (Å²) in [5, 5.41) is 24.8. The summed E-state index contributed by atoms with van der Waals surface area (Å²) in [6.07, 6.45) is -1.47. The van der Waals surface area contributed by atoms with E-state index in [2.05, 4.69) is 0 Å². The first-order valence-corrected chi connectivity index (χ1v) is 16.4. The Morgan fingerprint density at radius 1 is 1.12 bits per heavy atom. The SMILES string of the molecule is C/C=C(\C)C(=O)O[C@H]1C(C)(C)[C@H](CC(=O)OC)[C@]2(C)C(=O)[C@@]1(O)[C@@H](OC(=O)C(C)C)C1=C3[C@@H](O)C(=O)O[C@@H](c4ccoc4)[C@]3(C)CC[C@@H]12. The van der Waals surface area contributed by atoms with Gasteiger partial charge in [0.2, 0.25) is 5.60 Å². The van der Waals surface area contributed by atoms with Crippen molar-refractivity contribution in [2.75, 3.05) is 7.11 Å². The minimum atomic E-state index is -2.69. The molecule has 5 rings (SSSR count). The van der Waals surface area contributed by atoms with Crippen molar-refractivity contribution in [3.63, 3.8) is 0 Å². The number of ketones is 1. The highest BCUT2D eigenvalue weighted by molar-refractivity contribution is 6.00. The molecule has 3 fully saturated rings. The van der Waals surface area contributed by atoms with E-state index >= 15 is 4.79 Å². The van der Waals surface area contributed by atoms with Gasteiger partial charge in [0, 0.05) is 33.8 Å². The maximum atomic E-state index is 15.1. The Morgan fingerprint density at radius 3 is 2.35 bits per heavy atom. The second-order valence-corrected chi connectivity index (χ2v) is 15.0. The lowest BCUT2D eigenvalue weighted by Gasteiger charge is -2.67. The van der Waals surface area contributed by atoms with Crippen LogP contribution in [0.3, 0.4) is 0 Å². The summed E-state index contributed by atoms with van der Waals surface area (Å²) < 4.78 is 28.3. The molecule has 3 aliphatic carbocycles. The molecule has 4 aliphatic rings. The van der Waals surface area contributed by atoms with Gasteiger partial charge < -0.3 is 33.6 Å². The molecule has 0 amide bonds. The summed E-state index contributed by atoms with van der Waals surface area (Å²) in [6.45, 7) is 13.2. The molecule has 0 unspecified atom stereocenters. The zero-order valence-electron chi connectivity index (χ0n) is 28.9. The molecule has 2 heterocycles. The number of hydrogen-bond donors (Lipinski definition) is 2. The molecule has 2 saturated carbocycles. The van der Waals surface area contributed by atoms with E-state index in [0.29, 0.717) is 12.0 Å². The minimum Gasteiger partial charge on any atom is -0.472 e. The molecule has 0 aromatic carbocycles. The van der Waals surface area contributed by atoms with Crippen LogP contribution in [-0.4, -0.2) is 70.9 Å². The Labute approximate surface area is 279 Å². The van der Waals surface area contributed by atoms with E-state index in [4.69, 9.17) is 23.4 Å². The third-order valence-electron chi connectivity index (χ3n) is 11.6. The number of allylic oxidation sites excluding steroid dienone is 1. The number of carbonyl (C=O) groups excluding carboxylic acids is 5. The maximum absolute atomic E-state index is 15.1. The van der Waals surface area contributed by atoms with Crippen molar-refractivity contribution in [1.29, 1.82) is 0 Å². The van der Waals surface area contributed by atoms with Crippen molar-refractivity contribution in [3.05, 3.63) is 47.0 Å². The first kappa shape index (κ1) is 35.5. The molecule has 2 bridgehead atoms. The smallest absolute Gasteiger partial charge is 0.339 e. The molecule has 1 aromatic rings. The molecule has 0 radical (unpaired) electrons. The van der Waals surface area contributed by atoms with E-state index in [1.54, 1.807) is 47.6 Å². The summed E-state index contributed by atoms with van der Waals surface area (Å²) in [4.78, 5) is 68.5. The third kappa shape index (κ3) is 4.88. The minimum absolute atomic E-state index is 0.158. The van der Waals surface area contributed by atoms with Crippen molar-refractivity contribution in [2.45, 2.75) is 105 Å². The molecule has 2 N–H and O–H groups in total. The highest BCUT2D eigenvalue weighted by Gasteiger charge is 2.78. The van der Waals surface area contributed by atoms with Gasteiger partial charge in [-0.15, -0.1) is 0 Å². The van der Waals surface area contributed by atoms with Crippen molar-refractivity contribution >= 4 is 29.7 Å². The van der Waals surface area contributed by atoms with E-state index < -0.39 is 93.7 Å². The van der Waals surface area contributed by atoms with Crippen LogP contribution in [0.1, 0.15) is 86.3 Å². The number of methoxy groups -OCH3 is 1. The van der Waals surface area contributed by atoms with Crippen LogP contribution in [-0.2, 0) is 42.9 Å². The highest BCUT2D eigenvalue weighted by atomic mass is 16.6. The Balaban J connectivity index is 1.88. The summed E-state index contributed by atoms with van der Waals surface area (Å²) in [6, 6.07) is 1.65. The first-order valence-electron chi connectivity index (χ1n) is 16.4. The molecule has 9 atom stereocenters. The Bertz CT molecular complexity index is 1580. The van der Waals surface area contributed by atoms with Crippen LogP contribution in [0.15, 0.2) is 45.8 Å². The van der Waals surface area contributed by atoms with Gasteiger partial charge in [0.25, 0.3) is 0 Å². The zero-order valence-corrected chi connectivity index (χ0v) is 28.9. The predicted molar refractivity (Wildman–Crippen MR) is 167 cm³/mol. The number of aliphatic hydroxyl groups excluding tert-OH is 1. The maximum Gasteiger partial charge on any atom is 0.339 e. The molecule has 262 valence electrons. The number of cyclic esters (lactones) is 1. The lowest BCUT2D eigenvalue weighted by atomic mass is 9.38. The predicted octanol–water partition coefficient (Wildman–Crippen LogP) is 3.94. The van der Waals surface area contributed by atoms with Crippen LogP contribution >= 0.6 is 0 Å². The van der Waals surface area contributed by atoms with Crippen molar-refractivity contribution < 1.29 is 57.6 Å². The molecule has 1 saturated heterocycles. The number of esters is 4. The van der Waals surface area contributed by atoms with Crippen LogP contribution in [0.5, 0.6) is 0 Å². The van der Waals surface area contributed by atoms with Crippen LogP contribution in [0.4, 0.5) is 0 Å². The topological polar surface area (TPSA) is 176 Å². The lowest BCUT2D eigenvalue weighted by molar-refractivity contribution is -0.258. The fourth-order valence-electron chi connectivity index (χ4n) is 9.05. The van der Waals surface area contributed by atoms with Gasteiger partial charge in [-0.25, -0.2) is 9.59 Å². The molecule has 1 aliphatic heterocycles. The molecule has 48 heavy (non-hydrogen) atoms. The molecular formula is C36H46O12. The normalized spacial score (nSPS) is 37.3. The number of aliphatic hydroxyl groups is 2. The molecule has 0 spiro atoms. The van der Waals surface area contributed by atoms with Crippen molar-refractivity contribution in [3.8, 4) is 0 Å². The number of hydrogen-bond acceptors (Lipinski definition) is 12. The van der Waals surface area contributed by atoms with E-state index in [-0.39, 0.29) is 29.6 Å². The van der Waals surface area contributed by atoms with Crippen LogP contribution in [0.25, 0.3) is 0 Å². The zero-order chi connectivity index (χ0) is 35.7. The molecule has 12 heteroatoms. The van der Waals surface area contributed by atoms with E-state index in [1.807, 2.05) is 6.92 Å². The fourth-order valence-corrected chi connectivity index (χ4v) is 9.05. The number of furan rings is 1. The average molecular weight is 671 g/mol. The third-order valence-corrected chi connectivity index (χ3v) is 11.6. The molecular weight excluding hydrogens is 624 g/mol. The Kier molecular flexibility index (Phi) is 8.87. The van der Waals surface area contributed by atoms with Crippen molar-refractivity contribution in [1.82, 2.24) is 0 Å². The van der Waals surface area contributed by atoms with Gasteiger partial charge in [-0.3, -0.25) is 14.4 Å². The van der Waals surface area contributed by atoms with Gasteiger partial charge in [-0.05, 0) is 55.7 Å². The standard InChI is InChI=1S/C36H46O12/c1-10-18(4)29(40)48-32-33(5,6)21(15-22(37)44-9)35(8)20-11-13-34(7)24(25(38)30(41)46-26(34)19-12-14-45-16-19)23(20)27(36(32,43)31(35)42)47-28(39)17(2)3/h10,12,14,16-17,20-21,25-27,32,38,43H,11,13,15H2,1-9H3/b18-10+/t20-,21-,25+,26-,27-,32-,34+,35+,36-/m0/s1. The summed E-state index contributed by atoms with van der Waals surface area (Å²) in [5.74, 6) is -6.32. The van der Waals surface area contributed by atoms with Gasteiger partial charge in [0.05, 0.1) is 25.6 Å². The van der Waals surface area contributed by atoms with Crippen LogP contribution < -0.4 is 0 Å². The summed E-state index contributed by atoms with van der Waals surface area (Å²) in [7, 11) is 1.23. The number of fused-ring (bicyclic) bond motifs is 5. The van der Waals surface area contributed by atoms with Gasteiger partial charge >= 0.3 is 23.9 Å². The number of rotatable bonds is 7. The number of ether oxygens (including phenoxy) is 4. The van der Waals surface area contributed by atoms with Crippen molar-refractivity contribution in [2.24, 2.45) is 34.0 Å². The van der Waals surface area contributed by atoms with Gasteiger partial charge in [-0.1, -0.05) is 47.6 Å². The van der Waals surface area contributed by atoms with Gasteiger partial charge in [-0.2, -0.15) is 0 Å². The highest BCUT2D eigenvalue weighted by Crippen LogP contribution is 2.69.